The second-order valence-electron chi connectivity index (χ2n) is 7.29. The van der Waals surface area contributed by atoms with E-state index in [1.807, 2.05) is 77.7 Å². The van der Waals surface area contributed by atoms with E-state index in [4.69, 9.17) is 4.74 Å². The molecule has 0 saturated carbocycles. The van der Waals surface area contributed by atoms with E-state index in [9.17, 15) is 4.79 Å². The van der Waals surface area contributed by atoms with Crippen LogP contribution >= 0.6 is 0 Å². The average Bonchev–Trinajstić information content (AvgIpc) is 2.81. The van der Waals surface area contributed by atoms with E-state index in [0.717, 1.165) is 34.7 Å². The van der Waals surface area contributed by atoms with E-state index in [2.05, 4.69) is 24.4 Å². The molecule has 152 valence electrons. The van der Waals surface area contributed by atoms with Crippen molar-refractivity contribution in [2.45, 2.75) is 19.4 Å². The highest BCUT2D eigenvalue weighted by atomic mass is 16.5. The van der Waals surface area contributed by atoms with E-state index < -0.39 is 0 Å². The summed E-state index contributed by atoms with van der Waals surface area (Å²) in [6, 6.07) is 26.0. The lowest BCUT2D eigenvalue weighted by atomic mass is 10.0. The highest BCUT2D eigenvalue weighted by molar-refractivity contribution is 6.06. The molecule has 1 unspecified atom stereocenters. The summed E-state index contributed by atoms with van der Waals surface area (Å²) >= 11 is 0. The van der Waals surface area contributed by atoms with E-state index >= 15 is 0 Å². The van der Waals surface area contributed by atoms with Gasteiger partial charge in [0, 0.05) is 11.6 Å². The van der Waals surface area contributed by atoms with Gasteiger partial charge in [-0.1, -0.05) is 67.6 Å². The van der Waals surface area contributed by atoms with Gasteiger partial charge in [-0.2, -0.15) is 0 Å². The maximum absolute atomic E-state index is 13.2. The number of amides is 1. The van der Waals surface area contributed by atoms with Crippen LogP contribution in [0.4, 0.5) is 11.4 Å². The zero-order valence-electron chi connectivity index (χ0n) is 17.1. The van der Waals surface area contributed by atoms with Crippen LogP contribution in [0.2, 0.25) is 0 Å². The van der Waals surface area contributed by atoms with E-state index in [0.29, 0.717) is 13.2 Å². The Hall–Kier alpha value is -3.53. The Labute approximate surface area is 177 Å². The Kier molecular flexibility index (Phi) is 6.14. The first-order valence-corrected chi connectivity index (χ1v) is 10.4. The van der Waals surface area contributed by atoms with Crippen molar-refractivity contribution >= 4 is 23.4 Å². The molecular formula is C26H26N2O2. The molecule has 0 bridgehead atoms. The van der Waals surface area contributed by atoms with Crippen molar-refractivity contribution in [3.05, 3.63) is 96.1 Å². The fourth-order valence-corrected chi connectivity index (χ4v) is 3.64. The van der Waals surface area contributed by atoms with Gasteiger partial charge in [0.2, 0.25) is 0 Å². The maximum atomic E-state index is 13.2. The largest absolute Gasteiger partial charge is 0.493 e. The second kappa shape index (κ2) is 9.31. The molecule has 0 aliphatic carbocycles. The lowest BCUT2D eigenvalue weighted by molar-refractivity contribution is -0.114. The number of anilines is 2. The second-order valence-corrected chi connectivity index (χ2v) is 7.29. The van der Waals surface area contributed by atoms with Crippen LogP contribution in [-0.4, -0.2) is 19.1 Å². The number of fused-ring (bicyclic) bond motifs is 1. The minimum absolute atomic E-state index is 0.0404. The number of nitrogens with one attached hydrogen (secondary N) is 1. The number of rotatable bonds is 6. The summed E-state index contributed by atoms with van der Waals surface area (Å²) in [5.74, 6) is 0.751. The molecule has 0 saturated heterocycles. The standard InChI is InChI=1S/C26H26N2O2/c1-2-18-30-25-15-9-6-12-21(25)16-17-26(29)28-19-23(20-10-4-3-5-11-20)27-22-13-7-8-14-24(22)28/h3-17,23,27H,2,18-19H2,1H3/b17-16+. The van der Waals surface area contributed by atoms with Gasteiger partial charge >= 0.3 is 0 Å². The number of ether oxygens (including phenoxy) is 1. The normalized spacial score (nSPS) is 15.5. The van der Waals surface area contributed by atoms with E-state index in [-0.39, 0.29) is 11.9 Å². The number of benzene rings is 3. The van der Waals surface area contributed by atoms with Crippen LogP contribution in [-0.2, 0) is 4.79 Å². The summed E-state index contributed by atoms with van der Waals surface area (Å²) < 4.78 is 5.81. The molecule has 1 aliphatic heterocycles. The molecule has 3 aromatic carbocycles. The Morgan fingerprint density at radius 3 is 2.60 bits per heavy atom. The molecule has 1 N–H and O–H groups in total. The van der Waals surface area contributed by atoms with Crippen molar-refractivity contribution in [3.63, 3.8) is 0 Å². The molecule has 4 nitrogen and oxygen atoms in total. The number of carbonyl (C=O) groups excluding carboxylic acids is 1. The predicted molar refractivity (Wildman–Crippen MR) is 123 cm³/mol. The van der Waals surface area contributed by atoms with Gasteiger partial charge in [-0.25, -0.2) is 0 Å². The van der Waals surface area contributed by atoms with Gasteiger partial charge < -0.3 is 15.0 Å². The van der Waals surface area contributed by atoms with Crippen LogP contribution in [0.1, 0.15) is 30.5 Å². The maximum Gasteiger partial charge on any atom is 0.251 e. The minimum atomic E-state index is -0.0461. The summed E-state index contributed by atoms with van der Waals surface area (Å²) in [5, 5.41) is 3.57. The topological polar surface area (TPSA) is 41.6 Å². The number of carbonyl (C=O) groups is 1. The first-order chi connectivity index (χ1) is 14.8. The highest BCUT2D eigenvalue weighted by Gasteiger charge is 2.27. The fourth-order valence-electron chi connectivity index (χ4n) is 3.64. The van der Waals surface area contributed by atoms with Gasteiger partial charge in [-0.3, -0.25) is 4.79 Å². The Balaban J connectivity index is 1.59. The molecule has 0 aromatic heterocycles. The van der Waals surface area contributed by atoms with Crippen LogP contribution < -0.4 is 15.0 Å². The summed E-state index contributed by atoms with van der Waals surface area (Å²) in [4.78, 5) is 15.0. The molecule has 1 amide bonds. The Morgan fingerprint density at radius 1 is 1.03 bits per heavy atom. The van der Waals surface area contributed by atoms with Crippen molar-refractivity contribution in [1.29, 1.82) is 0 Å². The van der Waals surface area contributed by atoms with Crippen molar-refractivity contribution in [3.8, 4) is 5.75 Å². The Morgan fingerprint density at radius 2 is 1.77 bits per heavy atom. The fraction of sp³-hybridized carbons (Fsp3) is 0.192. The van der Waals surface area contributed by atoms with Crippen molar-refractivity contribution in [2.24, 2.45) is 0 Å². The molecule has 1 heterocycles. The number of nitrogens with zero attached hydrogens (tertiary/aromatic N) is 1. The third-order valence-electron chi connectivity index (χ3n) is 5.14. The average molecular weight is 399 g/mol. The minimum Gasteiger partial charge on any atom is -0.493 e. The van der Waals surface area contributed by atoms with Crippen molar-refractivity contribution in [1.82, 2.24) is 0 Å². The van der Waals surface area contributed by atoms with Gasteiger partial charge in [0.05, 0.1) is 30.6 Å². The third kappa shape index (κ3) is 4.38. The van der Waals surface area contributed by atoms with E-state index in [1.54, 1.807) is 6.08 Å². The van der Waals surface area contributed by atoms with Crippen LogP contribution in [0.15, 0.2) is 84.9 Å². The molecular weight excluding hydrogens is 372 g/mol. The monoisotopic (exact) mass is 398 g/mol. The Bertz CT molecular complexity index is 1030. The van der Waals surface area contributed by atoms with Crippen LogP contribution in [0, 0.1) is 0 Å². The molecule has 3 aromatic rings. The van der Waals surface area contributed by atoms with E-state index in [1.165, 1.54) is 0 Å². The molecule has 0 radical (unpaired) electrons. The molecule has 0 spiro atoms. The van der Waals surface area contributed by atoms with Crippen LogP contribution in [0.5, 0.6) is 5.75 Å². The molecule has 30 heavy (non-hydrogen) atoms. The van der Waals surface area contributed by atoms with Crippen LogP contribution in [0.3, 0.4) is 0 Å². The number of para-hydroxylation sites is 3. The van der Waals surface area contributed by atoms with Gasteiger partial charge in [-0.15, -0.1) is 0 Å². The first kappa shape index (κ1) is 19.8. The van der Waals surface area contributed by atoms with Gasteiger partial charge in [0.1, 0.15) is 5.75 Å². The SMILES string of the molecule is CCCOc1ccccc1/C=C/C(=O)N1CC(c2ccccc2)Nc2ccccc21. The molecule has 4 heteroatoms. The zero-order valence-corrected chi connectivity index (χ0v) is 17.1. The molecule has 0 fully saturated rings. The lowest BCUT2D eigenvalue weighted by Crippen LogP contribution is -2.39. The lowest BCUT2D eigenvalue weighted by Gasteiger charge is -2.35. The van der Waals surface area contributed by atoms with Gasteiger partial charge in [-0.05, 0) is 36.3 Å². The summed E-state index contributed by atoms with van der Waals surface area (Å²) in [5.41, 5.74) is 3.93. The summed E-state index contributed by atoms with van der Waals surface area (Å²) in [7, 11) is 0. The first-order valence-electron chi connectivity index (χ1n) is 10.4. The zero-order chi connectivity index (χ0) is 20.8. The van der Waals surface area contributed by atoms with Crippen molar-refractivity contribution < 1.29 is 9.53 Å². The molecule has 1 aliphatic rings. The highest BCUT2D eigenvalue weighted by Crippen LogP contribution is 2.35. The van der Waals surface area contributed by atoms with Gasteiger partial charge in [0.15, 0.2) is 0 Å². The molecule has 1 atom stereocenters. The smallest absolute Gasteiger partial charge is 0.251 e. The predicted octanol–water partition coefficient (Wildman–Crippen LogP) is 5.69. The summed E-state index contributed by atoms with van der Waals surface area (Å²) in [6.45, 7) is 3.30. The number of hydrogen-bond acceptors (Lipinski definition) is 3. The number of hydrogen-bond donors (Lipinski definition) is 1. The third-order valence-corrected chi connectivity index (χ3v) is 5.14. The van der Waals surface area contributed by atoms with Gasteiger partial charge in [0.25, 0.3) is 5.91 Å². The van der Waals surface area contributed by atoms with Crippen molar-refractivity contribution in [2.75, 3.05) is 23.4 Å². The quantitative estimate of drug-likeness (QED) is 0.543. The summed E-state index contributed by atoms with van der Waals surface area (Å²) in [6.07, 6.45) is 4.42. The van der Waals surface area contributed by atoms with Crippen LogP contribution in [0.25, 0.3) is 6.08 Å². The molecule has 4 rings (SSSR count).